The third-order valence-corrected chi connectivity index (χ3v) is 2.86. The molecule has 0 fully saturated rings. The van der Waals surface area contributed by atoms with Crippen molar-refractivity contribution in [2.24, 2.45) is 7.05 Å². The highest BCUT2D eigenvalue weighted by Gasteiger charge is 2.10. The lowest BCUT2D eigenvalue weighted by Gasteiger charge is -2.17. The SMILES string of the molecule is CC(Nc1ccccc1CO)c1ccnn1C. The standard InChI is InChI=1S/C13H17N3O/c1-10(13-7-8-14-16(13)2)15-12-6-4-3-5-11(12)9-17/h3-8,10,15,17H,9H2,1-2H3. The van der Waals surface area contributed by atoms with Crippen LogP contribution in [0.15, 0.2) is 36.5 Å². The Hall–Kier alpha value is -1.81. The smallest absolute Gasteiger partial charge is 0.0701 e. The van der Waals surface area contributed by atoms with Gasteiger partial charge in [-0.15, -0.1) is 0 Å². The molecule has 1 aromatic carbocycles. The van der Waals surface area contributed by atoms with Crippen LogP contribution in [0.2, 0.25) is 0 Å². The zero-order chi connectivity index (χ0) is 12.3. The highest BCUT2D eigenvalue weighted by atomic mass is 16.3. The molecule has 2 aromatic rings. The maximum atomic E-state index is 9.26. The molecule has 0 saturated heterocycles. The van der Waals surface area contributed by atoms with Crippen molar-refractivity contribution in [3.63, 3.8) is 0 Å². The Bertz CT molecular complexity index is 493. The van der Waals surface area contributed by atoms with E-state index < -0.39 is 0 Å². The van der Waals surface area contributed by atoms with Gasteiger partial charge in [-0.25, -0.2) is 0 Å². The van der Waals surface area contributed by atoms with Gasteiger partial charge in [-0.1, -0.05) is 18.2 Å². The van der Waals surface area contributed by atoms with E-state index in [0.717, 1.165) is 16.9 Å². The van der Waals surface area contributed by atoms with Gasteiger partial charge in [0.05, 0.1) is 18.3 Å². The van der Waals surface area contributed by atoms with Crippen LogP contribution in [-0.4, -0.2) is 14.9 Å². The fourth-order valence-electron chi connectivity index (χ4n) is 1.92. The summed E-state index contributed by atoms with van der Waals surface area (Å²) in [7, 11) is 1.92. The van der Waals surface area contributed by atoms with Gasteiger partial charge in [0.25, 0.3) is 0 Å². The molecular weight excluding hydrogens is 214 g/mol. The predicted octanol–water partition coefficient (Wildman–Crippen LogP) is 2.09. The lowest BCUT2D eigenvalue weighted by Crippen LogP contribution is -2.12. The summed E-state index contributed by atoms with van der Waals surface area (Å²) in [4.78, 5) is 0. The Morgan fingerprint density at radius 1 is 1.35 bits per heavy atom. The van der Waals surface area contributed by atoms with Crippen molar-refractivity contribution in [1.29, 1.82) is 0 Å². The van der Waals surface area contributed by atoms with Gasteiger partial charge in [0.1, 0.15) is 0 Å². The van der Waals surface area contributed by atoms with E-state index in [1.54, 1.807) is 6.20 Å². The van der Waals surface area contributed by atoms with Gasteiger partial charge < -0.3 is 10.4 Å². The van der Waals surface area contributed by atoms with Gasteiger partial charge >= 0.3 is 0 Å². The number of aliphatic hydroxyl groups excluding tert-OH is 1. The average molecular weight is 231 g/mol. The quantitative estimate of drug-likeness (QED) is 0.847. The monoisotopic (exact) mass is 231 g/mol. The Kier molecular flexibility index (Phi) is 3.44. The van der Waals surface area contributed by atoms with Crippen molar-refractivity contribution in [3.05, 3.63) is 47.8 Å². The molecule has 4 nitrogen and oxygen atoms in total. The molecule has 2 N–H and O–H groups in total. The first-order valence-electron chi connectivity index (χ1n) is 5.65. The predicted molar refractivity (Wildman–Crippen MR) is 67.6 cm³/mol. The lowest BCUT2D eigenvalue weighted by atomic mass is 10.1. The van der Waals surface area contributed by atoms with Crippen molar-refractivity contribution >= 4 is 5.69 Å². The van der Waals surface area contributed by atoms with Gasteiger partial charge in [-0.3, -0.25) is 4.68 Å². The number of anilines is 1. The molecule has 90 valence electrons. The number of aliphatic hydroxyl groups is 1. The van der Waals surface area contributed by atoms with Gasteiger partial charge in [-0.2, -0.15) is 5.10 Å². The Morgan fingerprint density at radius 3 is 2.76 bits per heavy atom. The highest BCUT2D eigenvalue weighted by Crippen LogP contribution is 2.21. The number of hydrogen-bond acceptors (Lipinski definition) is 3. The number of para-hydroxylation sites is 1. The van der Waals surface area contributed by atoms with Crippen LogP contribution in [-0.2, 0) is 13.7 Å². The molecule has 1 aromatic heterocycles. The van der Waals surface area contributed by atoms with Gasteiger partial charge in [-0.05, 0) is 19.1 Å². The van der Waals surface area contributed by atoms with Crippen LogP contribution in [0.3, 0.4) is 0 Å². The Labute approximate surface area is 101 Å². The van der Waals surface area contributed by atoms with E-state index >= 15 is 0 Å². The topological polar surface area (TPSA) is 50.1 Å². The van der Waals surface area contributed by atoms with Crippen LogP contribution in [0.5, 0.6) is 0 Å². The first-order chi connectivity index (χ1) is 8.22. The minimum atomic E-state index is 0.0429. The van der Waals surface area contributed by atoms with E-state index in [9.17, 15) is 5.11 Å². The first kappa shape index (κ1) is 11.7. The highest BCUT2D eigenvalue weighted by molar-refractivity contribution is 5.51. The van der Waals surface area contributed by atoms with E-state index in [4.69, 9.17) is 0 Å². The van der Waals surface area contributed by atoms with Gasteiger partial charge in [0.15, 0.2) is 0 Å². The molecule has 4 heteroatoms. The normalized spacial score (nSPS) is 12.4. The molecule has 0 aliphatic heterocycles. The molecule has 0 aliphatic rings. The maximum Gasteiger partial charge on any atom is 0.0701 e. The maximum absolute atomic E-state index is 9.26. The summed E-state index contributed by atoms with van der Waals surface area (Å²) in [5, 5.41) is 16.8. The van der Waals surface area contributed by atoms with E-state index in [1.165, 1.54) is 0 Å². The molecule has 2 rings (SSSR count). The molecule has 0 aliphatic carbocycles. The summed E-state index contributed by atoms with van der Waals surface area (Å²) >= 11 is 0. The van der Waals surface area contributed by atoms with Crippen LogP contribution in [0.1, 0.15) is 24.2 Å². The van der Waals surface area contributed by atoms with Gasteiger partial charge in [0, 0.05) is 24.5 Å². The molecule has 1 atom stereocenters. The third-order valence-electron chi connectivity index (χ3n) is 2.86. The van der Waals surface area contributed by atoms with Crippen molar-refractivity contribution in [2.45, 2.75) is 19.6 Å². The summed E-state index contributed by atoms with van der Waals surface area (Å²) < 4.78 is 1.85. The van der Waals surface area contributed by atoms with Crippen molar-refractivity contribution in [3.8, 4) is 0 Å². The Balaban J connectivity index is 2.18. The molecular formula is C13H17N3O. The summed E-state index contributed by atoms with van der Waals surface area (Å²) in [6, 6.07) is 9.90. The van der Waals surface area contributed by atoms with Crippen LogP contribution < -0.4 is 5.32 Å². The van der Waals surface area contributed by atoms with E-state index in [-0.39, 0.29) is 12.6 Å². The van der Waals surface area contributed by atoms with Crippen LogP contribution in [0.25, 0.3) is 0 Å². The first-order valence-corrected chi connectivity index (χ1v) is 5.65. The Morgan fingerprint density at radius 2 is 2.12 bits per heavy atom. The molecule has 0 spiro atoms. The summed E-state index contributed by atoms with van der Waals surface area (Å²) in [6.45, 7) is 2.12. The number of nitrogens with one attached hydrogen (secondary N) is 1. The molecule has 0 radical (unpaired) electrons. The number of benzene rings is 1. The fourth-order valence-corrected chi connectivity index (χ4v) is 1.92. The molecule has 0 amide bonds. The zero-order valence-corrected chi connectivity index (χ0v) is 10.1. The third kappa shape index (κ3) is 2.47. The van der Waals surface area contributed by atoms with Crippen molar-refractivity contribution < 1.29 is 5.11 Å². The summed E-state index contributed by atoms with van der Waals surface area (Å²) in [6.07, 6.45) is 1.78. The average Bonchev–Trinajstić information content (AvgIpc) is 2.76. The molecule has 17 heavy (non-hydrogen) atoms. The van der Waals surface area contributed by atoms with Crippen LogP contribution in [0, 0.1) is 0 Å². The number of nitrogens with zero attached hydrogens (tertiary/aromatic N) is 2. The van der Waals surface area contributed by atoms with E-state index in [0.29, 0.717) is 0 Å². The summed E-state index contributed by atoms with van der Waals surface area (Å²) in [5.41, 5.74) is 2.97. The minimum absolute atomic E-state index is 0.0429. The van der Waals surface area contributed by atoms with Crippen molar-refractivity contribution in [1.82, 2.24) is 9.78 Å². The molecule has 0 saturated carbocycles. The molecule has 1 unspecified atom stereocenters. The summed E-state index contributed by atoms with van der Waals surface area (Å²) in [5.74, 6) is 0. The number of aromatic nitrogens is 2. The fraction of sp³-hybridized carbons (Fsp3) is 0.308. The number of aryl methyl sites for hydroxylation is 1. The molecule has 1 heterocycles. The second-order valence-electron chi connectivity index (χ2n) is 4.06. The minimum Gasteiger partial charge on any atom is -0.392 e. The van der Waals surface area contributed by atoms with Crippen LogP contribution in [0.4, 0.5) is 5.69 Å². The largest absolute Gasteiger partial charge is 0.392 e. The van der Waals surface area contributed by atoms with E-state index in [1.807, 2.05) is 42.1 Å². The number of hydrogen-bond donors (Lipinski definition) is 2. The molecule has 0 bridgehead atoms. The van der Waals surface area contributed by atoms with Crippen molar-refractivity contribution in [2.75, 3.05) is 5.32 Å². The second-order valence-corrected chi connectivity index (χ2v) is 4.06. The van der Waals surface area contributed by atoms with Gasteiger partial charge in [0.2, 0.25) is 0 Å². The number of rotatable bonds is 4. The van der Waals surface area contributed by atoms with E-state index in [2.05, 4.69) is 17.3 Å². The second kappa shape index (κ2) is 5.01. The zero-order valence-electron chi connectivity index (χ0n) is 10.1. The lowest BCUT2D eigenvalue weighted by molar-refractivity contribution is 0.282. The van der Waals surface area contributed by atoms with Crippen LogP contribution >= 0.6 is 0 Å².